The van der Waals surface area contributed by atoms with Crippen molar-refractivity contribution in [2.45, 2.75) is 12.6 Å². The lowest BCUT2D eigenvalue weighted by molar-refractivity contribution is -0.141. The van der Waals surface area contributed by atoms with Crippen molar-refractivity contribution in [2.24, 2.45) is 0 Å². The number of hydrogen-bond donors (Lipinski definition) is 1. The zero-order valence-electron chi connectivity index (χ0n) is 18.5. The summed E-state index contributed by atoms with van der Waals surface area (Å²) in [7, 11) is 1.18. The number of carboxylic acid groups (broad SMARTS) is 1. The van der Waals surface area contributed by atoms with Crippen LogP contribution in [0.4, 0.5) is 24.7 Å². The quantitative estimate of drug-likeness (QED) is 0.477. The number of anilines is 2. The highest BCUT2D eigenvalue weighted by Gasteiger charge is 2.38. The number of alkyl halides is 3. The minimum absolute atomic E-state index is 0.0228. The number of allylic oxidation sites excluding steroid dienone is 2. The first-order valence-corrected chi connectivity index (χ1v) is 10.4. The summed E-state index contributed by atoms with van der Waals surface area (Å²) >= 11 is 0. The van der Waals surface area contributed by atoms with E-state index in [1.807, 2.05) is 0 Å². The van der Waals surface area contributed by atoms with Crippen LogP contribution in [0.15, 0.2) is 84.6 Å². The molecule has 9 heteroatoms. The first-order chi connectivity index (χ1) is 16.6. The van der Waals surface area contributed by atoms with Gasteiger partial charge in [0, 0.05) is 17.7 Å². The van der Waals surface area contributed by atoms with Crippen LogP contribution in [-0.4, -0.2) is 29.1 Å². The first kappa shape index (κ1) is 23.7. The molecule has 0 bridgehead atoms. The van der Waals surface area contributed by atoms with Crippen LogP contribution in [0.3, 0.4) is 0 Å². The fourth-order valence-electron chi connectivity index (χ4n) is 3.86. The Balaban J connectivity index is 1.95. The monoisotopic (exact) mass is 480 g/mol. The van der Waals surface area contributed by atoms with Gasteiger partial charge in [0.15, 0.2) is 0 Å². The topological polar surface area (TPSA) is 79.7 Å². The molecule has 1 aliphatic heterocycles. The summed E-state index contributed by atoms with van der Waals surface area (Å²) in [6.45, 7) is 4.06. The standard InChI is InChI=1S/C26H19F3N2O4/c1-15-19-12-13-21(26(27,28)29)30-23(19)31(18-6-4-3-5-7-18)22(25(34)35-2)20(15)14-16-8-10-17(11-9-16)24(32)33/h3-13H,1,14H2,2H3,(H,32,33). The number of ether oxygens (including phenoxy) is 1. The number of benzene rings is 2. The normalized spacial score (nSPS) is 13.5. The Kier molecular flexibility index (Phi) is 6.17. The van der Waals surface area contributed by atoms with Crippen LogP contribution in [0.1, 0.15) is 27.2 Å². The molecule has 178 valence electrons. The number of aromatic carboxylic acids is 1. The minimum Gasteiger partial charge on any atom is -0.478 e. The van der Waals surface area contributed by atoms with Crippen LogP contribution in [-0.2, 0) is 22.1 Å². The number of rotatable bonds is 5. The van der Waals surface area contributed by atoms with Gasteiger partial charge < -0.3 is 9.84 Å². The van der Waals surface area contributed by atoms with E-state index >= 15 is 0 Å². The van der Waals surface area contributed by atoms with Crippen LogP contribution in [0.25, 0.3) is 5.57 Å². The van der Waals surface area contributed by atoms with Crippen molar-refractivity contribution in [2.75, 3.05) is 12.0 Å². The van der Waals surface area contributed by atoms with Gasteiger partial charge in [-0.2, -0.15) is 13.2 Å². The number of aromatic nitrogens is 1. The Hall–Kier alpha value is -4.40. The second-order valence-electron chi connectivity index (χ2n) is 7.71. The zero-order valence-corrected chi connectivity index (χ0v) is 18.5. The number of carbonyl (C=O) groups excluding carboxylic acids is 1. The molecule has 0 saturated heterocycles. The van der Waals surface area contributed by atoms with E-state index in [2.05, 4.69) is 11.6 Å². The van der Waals surface area contributed by atoms with Crippen molar-refractivity contribution < 1.29 is 32.6 Å². The molecule has 0 spiro atoms. The Labute approximate surface area is 198 Å². The third kappa shape index (κ3) is 4.52. The molecule has 1 aliphatic rings. The summed E-state index contributed by atoms with van der Waals surface area (Å²) in [5.74, 6) is -1.96. The number of para-hydroxylation sites is 1. The number of carboxylic acids is 1. The van der Waals surface area contributed by atoms with Crippen molar-refractivity contribution in [3.63, 3.8) is 0 Å². The summed E-state index contributed by atoms with van der Waals surface area (Å²) in [4.78, 5) is 29.4. The number of pyridine rings is 1. The molecule has 6 nitrogen and oxygen atoms in total. The van der Waals surface area contributed by atoms with E-state index < -0.39 is 23.8 Å². The van der Waals surface area contributed by atoms with Crippen LogP contribution in [0.5, 0.6) is 0 Å². The lowest BCUT2D eigenvalue weighted by atomic mass is 9.88. The van der Waals surface area contributed by atoms with Gasteiger partial charge in [-0.3, -0.25) is 4.90 Å². The van der Waals surface area contributed by atoms with Gasteiger partial charge in [-0.1, -0.05) is 36.9 Å². The minimum atomic E-state index is -4.69. The van der Waals surface area contributed by atoms with Crippen LogP contribution in [0, 0.1) is 0 Å². The molecule has 0 saturated carbocycles. The predicted molar refractivity (Wildman–Crippen MR) is 123 cm³/mol. The molecule has 1 N–H and O–H groups in total. The van der Waals surface area contributed by atoms with Crippen LogP contribution < -0.4 is 4.90 Å². The van der Waals surface area contributed by atoms with Crippen molar-refractivity contribution in [1.82, 2.24) is 4.98 Å². The molecule has 3 aromatic rings. The first-order valence-electron chi connectivity index (χ1n) is 10.4. The van der Waals surface area contributed by atoms with E-state index in [0.717, 1.165) is 6.07 Å². The SMILES string of the molecule is C=C1C(Cc2ccc(C(=O)O)cc2)=C(C(=O)OC)N(c2ccccc2)c2nc(C(F)(F)F)ccc21. The fourth-order valence-corrected chi connectivity index (χ4v) is 3.86. The lowest BCUT2D eigenvalue weighted by Crippen LogP contribution is -2.31. The number of esters is 1. The number of methoxy groups -OCH3 is 1. The van der Waals surface area contributed by atoms with Gasteiger partial charge in [-0.05, 0) is 53.1 Å². The molecule has 1 aromatic heterocycles. The van der Waals surface area contributed by atoms with Crippen LogP contribution >= 0.6 is 0 Å². The molecule has 2 aromatic carbocycles. The molecule has 0 radical (unpaired) electrons. The molecular formula is C26H19F3N2O4. The molecule has 0 amide bonds. The summed E-state index contributed by atoms with van der Waals surface area (Å²) in [6, 6.07) is 16.6. The number of fused-ring (bicyclic) bond motifs is 1. The van der Waals surface area contributed by atoms with Crippen molar-refractivity contribution >= 4 is 29.0 Å². The predicted octanol–water partition coefficient (Wildman–Crippen LogP) is 5.63. The maximum absolute atomic E-state index is 13.5. The third-order valence-electron chi connectivity index (χ3n) is 5.55. The Morgan fingerprint density at radius 3 is 2.26 bits per heavy atom. The van der Waals surface area contributed by atoms with Gasteiger partial charge in [-0.15, -0.1) is 0 Å². The van der Waals surface area contributed by atoms with E-state index in [9.17, 15) is 22.8 Å². The highest BCUT2D eigenvalue weighted by molar-refractivity contribution is 6.05. The van der Waals surface area contributed by atoms with Gasteiger partial charge in [0.2, 0.25) is 0 Å². The molecule has 0 unspecified atom stereocenters. The molecule has 2 heterocycles. The van der Waals surface area contributed by atoms with Gasteiger partial charge in [-0.25, -0.2) is 14.6 Å². The summed E-state index contributed by atoms with van der Waals surface area (Å²) in [5, 5.41) is 9.16. The maximum Gasteiger partial charge on any atom is 0.433 e. The molecule has 0 fully saturated rings. The van der Waals surface area contributed by atoms with E-state index in [4.69, 9.17) is 9.84 Å². The Morgan fingerprint density at radius 1 is 1.03 bits per heavy atom. The second kappa shape index (κ2) is 9.09. The summed E-state index contributed by atoms with van der Waals surface area (Å²) in [5.41, 5.74) is 1.10. The third-order valence-corrected chi connectivity index (χ3v) is 5.55. The van der Waals surface area contributed by atoms with Gasteiger partial charge in [0.1, 0.15) is 17.2 Å². The van der Waals surface area contributed by atoms with Crippen molar-refractivity contribution in [3.05, 3.63) is 107 Å². The molecular weight excluding hydrogens is 461 g/mol. The van der Waals surface area contributed by atoms with Crippen molar-refractivity contribution in [3.8, 4) is 0 Å². The van der Waals surface area contributed by atoms with E-state index in [1.54, 1.807) is 42.5 Å². The van der Waals surface area contributed by atoms with E-state index in [-0.39, 0.29) is 23.5 Å². The lowest BCUT2D eigenvalue weighted by Gasteiger charge is -2.34. The van der Waals surface area contributed by atoms with E-state index in [0.29, 0.717) is 28.0 Å². The van der Waals surface area contributed by atoms with Gasteiger partial charge in [0.25, 0.3) is 0 Å². The van der Waals surface area contributed by atoms with Gasteiger partial charge >= 0.3 is 18.1 Å². The largest absolute Gasteiger partial charge is 0.478 e. The average molecular weight is 480 g/mol. The van der Waals surface area contributed by atoms with Gasteiger partial charge in [0.05, 0.1) is 12.7 Å². The van der Waals surface area contributed by atoms with Crippen LogP contribution in [0.2, 0.25) is 0 Å². The second-order valence-corrected chi connectivity index (χ2v) is 7.71. The maximum atomic E-state index is 13.5. The highest BCUT2D eigenvalue weighted by atomic mass is 19.4. The summed E-state index contributed by atoms with van der Waals surface area (Å²) < 4.78 is 45.5. The number of halogens is 3. The molecule has 0 aliphatic carbocycles. The molecule has 0 atom stereocenters. The van der Waals surface area contributed by atoms with E-state index in [1.165, 1.54) is 30.2 Å². The number of nitrogens with zero attached hydrogens (tertiary/aromatic N) is 2. The molecule has 35 heavy (non-hydrogen) atoms. The average Bonchev–Trinajstić information content (AvgIpc) is 2.85. The summed E-state index contributed by atoms with van der Waals surface area (Å²) in [6.07, 6.45) is -4.55. The number of hydrogen-bond acceptors (Lipinski definition) is 5. The smallest absolute Gasteiger partial charge is 0.433 e. The fraction of sp³-hybridized carbons (Fsp3) is 0.115. The van der Waals surface area contributed by atoms with Crippen molar-refractivity contribution in [1.29, 1.82) is 0 Å². The molecule has 4 rings (SSSR count). The Morgan fingerprint density at radius 2 is 1.69 bits per heavy atom. The Bertz CT molecular complexity index is 1350. The number of carbonyl (C=O) groups is 2. The highest BCUT2D eigenvalue weighted by Crippen LogP contribution is 2.45. The zero-order chi connectivity index (χ0) is 25.3.